The first-order valence-electron chi connectivity index (χ1n) is 4.67. The number of rotatable bonds is 1. The Hall–Kier alpha value is -0.740. The maximum absolute atomic E-state index is 8.22. The number of nitrogens with two attached hydrogens (primary N) is 1. The van der Waals surface area contributed by atoms with E-state index in [9.17, 15) is 0 Å². The molecule has 0 aromatic carbocycles. The van der Waals surface area contributed by atoms with Crippen LogP contribution in [0.25, 0.3) is 0 Å². The zero-order chi connectivity index (χ0) is 10.1. The molecule has 0 saturated carbocycles. The summed E-state index contributed by atoms with van der Waals surface area (Å²) in [7, 11) is 1.48. The Labute approximate surface area is 87.7 Å². The first-order chi connectivity index (χ1) is 6.16. The van der Waals surface area contributed by atoms with Crippen LogP contribution in [0.1, 0.15) is 27.2 Å². The van der Waals surface area contributed by atoms with Gasteiger partial charge in [-0.15, -0.1) is 0 Å². The zero-order valence-corrected chi connectivity index (χ0v) is 8.53. The fourth-order valence-corrected chi connectivity index (χ4v) is 1.09. The molecule has 0 aromatic heterocycles. The second-order valence-electron chi connectivity index (χ2n) is 3.35. The quantitative estimate of drug-likeness (QED) is 0.563. The molecule has 1 aliphatic rings. The summed E-state index contributed by atoms with van der Waals surface area (Å²) in [5, 5.41) is 12.4. The van der Waals surface area contributed by atoms with E-state index >= 15 is 0 Å². The molecule has 14 heavy (non-hydrogen) atoms. The third-order valence-electron chi connectivity index (χ3n) is 1.93. The molecule has 0 spiro atoms. The van der Waals surface area contributed by atoms with Crippen LogP contribution in [0.2, 0.25) is 0 Å². The first kappa shape index (κ1) is 15.7. The van der Waals surface area contributed by atoms with E-state index in [1.165, 1.54) is 45.4 Å². The molecule has 1 rings (SSSR count). The number of nitrogens with one attached hydrogen (secondary N) is 1. The van der Waals surface area contributed by atoms with Gasteiger partial charge < -0.3 is 11.1 Å². The highest BCUT2D eigenvalue weighted by molar-refractivity contribution is 4.67. The van der Waals surface area contributed by atoms with Crippen LogP contribution in [0.5, 0.6) is 0 Å². The van der Waals surface area contributed by atoms with Gasteiger partial charge in [-0.25, -0.2) is 0 Å². The van der Waals surface area contributed by atoms with E-state index in [1.54, 1.807) is 0 Å². The summed E-state index contributed by atoms with van der Waals surface area (Å²) in [5.74, 6) is 0.973. The second-order valence-corrected chi connectivity index (χ2v) is 3.35. The van der Waals surface area contributed by atoms with Gasteiger partial charge in [0.15, 0.2) is 0 Å². The summed E-state index contributed by atoms with van der Waals surface area (Å²) in [4.78, 5) is 0. The lowest BCUT2D eigenvalue weighted by molar-refractivity contribution is -0.0130. The largest absolute Gasteiger partial charge is 0.403 e. The van der Waals surface area contributed by atoms with Gasteiger partial charge >= 0.3 is 0 Å². The second kappa shape index (κ2) is 10.3. The van der Waals surface area contributed by atoms with Crippen molar-refractivity contribution in [3.63, 3.8) is 0 Å². The van der Waals surface area contributed by atoms with Crippen molar-refractivity contribution in [1.29, 1.82) is 0 Å². The highest BCUT2D eigenvalue weighted by atomic mass is 16.5. The molecule has 0 atom stereocenters. The van der Waals surface area contributed by atoms with Crippen molar-refractivity contribution in [2.24, 2.45) is 11.7 Å². The molecule has 4 heteroatoms. The molecule has 1 fully saturated rings. The average Bonchev–Trinajstić information content (AvgIpc) is 2.06. The van der Waals surface area contributed by atoms with E-state index in [4.69, 9.17) is 10.9 Å². The number of piperidine rings is 1. The third-order valence-corrected chi connectivity index (χ3v) is 1.93. The van der Waals surface area contributed by atoms with Crippen LogP contribution in [-0.2, 0) is 0 Å². The van der Waals surface area contributed by atoms with E-state index in [0.29, 0.717) is 0 Å². The molecule has 0 aromatic rings. The van der Waals surface area contributed by atoms with Crippen molar-refractivity contribution in [1.82, 2.24) is 10.4 Å². The van der Waals surface area contributed by atoms with Crippen LogP contribution in [0, 0.1) is 5.92 Å². The van der Waals surface area contributed by atoms with Crippen LogP contribution in [0.3, 0.4) is 0 Å². The predicted molar refractivity (Wildman–Crippen MR) is 60.9 cm³/mol. The normalized spacial score (nSPS) is 16.8. The molecule has 4 nitrogen and oxygen atoms in total. The van der Waals surface area contributed by atoms with Crippen LogP contribution in [-0.4, -0.2) is 30.4 Å². The van der Waals surface area contributed by atoms with Crippen molar-refractivity contribution in [3.8, 4) is 0 Å². The van der Waals surface area contributed by atoms with Crippen molar-refractivity contribution < 1.29 is 5.21 Å². The molecular formula is C10H25N3O. The topological polar surface area (TPSA) is 61.5 Å². The minimum Gasteiger partial charge on any atom is -0.403 e. The Bertz CT molecular complexity index is 131. The monoisotopic (exact) mass is 203 g/mol. The summed E-state index contributed by atoms with van der Waals surface area (Å²) in [6.45, 7) is 4.79. The Balaban J connectivity index is 0. The highest BCUT2D eigenvalue weighted by Crippen LogP contribution is 2.08. The average molecular weight is 203 g/mol. The van der Waals surface area contributed by atoms with Crippen LogP contribution in [0.15, 0.2) is 12.4 Å². The van der Waals surface area contributed by atoms with E-state index < -0.39 is 0 Å². The molecule has 1 heterocycles. The van der Waals surface area contributed by atoms with E-state index in [1.807, 2.05) is 0 Å². The van der Waals surface area contributed by atoms with E-state index in [2.05, 4.69) is 12.2 Å². The highest BCUT2D eigenvalue weighted by Gasteiger charge is 2.04. The molecule has 0 unspecified atom stereocenters. The molecule has 0 aliphatic carbocycles. The van der Waals surface area contributed by atoms with Gasteiger partial charge in [0.1, 0.15) is 0 Å². The van der Waals surface area contributed by atoms with Crippen LogP contribution in [0.4, 0.5) is 0 Å². The van der Waals surface area contributed by atoms with E-state index in [0.717, 1.165) is 11.0 Å². The standard InChI is InChI=1S/C6H13N.C3H8N2O.CH4/c1-6-2-4-7-5-3-6;1-5(6)3-2-4;/h6-7H,2-5H2,1H3;2-3,6H,4H2,1H3;1H4/b;3-2-;. The first-order valence-corrected chi connectivity index (χ1v) is 4.67. The minimum absolute atomic E-state index is 0. The molecule has 0 bridgehead atoms. The van der Waals surface area contributed by atoms with Gasteiger partial charge in [0, 0.05) is 19.4 Å². The maximum atomic E-state index is 8.22. The lowest BCUT2D eigenvalue weighted by Crippen LogP contribution is -2.26. The lowest BCUT2D eigenvalue weighted by atomic mass is 10.0. The summed E-state index contributed by atoms with van der Waals surface area (Å²) < 4.78 is 0. The van der Waals surface area contributed by atoms with Crippen LogP contribution >= 0.6 is 0 Å². The molecule has 0 amide bonds. The predicted octanol–water partition coefficient (Wildman–Crippen LogP) is 1.38. The van der Waals surface area contributed by atoms with Crippen molar-refractivity contribution in [2.45, 2.75) is 27.2 Å². The lowest BCUT2D eigenvalue weighted by Gasteiger charge is -2.17. The van der Waals surface area contributed by atoms with Gasteiger partial charge in [-0.3, -0.25) is 10.3 Å². The summed E-state index contributed by atoms with van der Waals surface area (Å²) in [6, 6.07) is 0. The number of hydrogen-bond donors (Lipinski definition) is 3. The van der Waals surface area contributed by atoms with Gasteiger partial charge in [-0.05, 0) is 31.8 Å². The maximum Gasteiger partial charge on any atom is 0.0424 e. The van der Waals surface area contributed by atoms with Gasteiger partial charge in [0.2, 0.25) is 0 Å². The third kappa shape index (κ3) is 11.3. The van der Waals surface area contributed by atoms with Crippen LogP contribution < -0.4 is 11.1 Å². The van der Waals surface area contributed by atoms with Crippen molar-refractivity contribution in [3.05, 3.63) is 12.4 Å². The van der Waals surface area contributed by atoms with E-state index in [-0.39, 0.29) is 7.43 Å². The number of hydrogen-bond acceptors (Lipinski definition) is 4. The van der Waals surface area contributed by atoms with Crippen molar-refractivity contribution in [2.75, 3.05) is 20.1 Å². The smallest absolute Gasteiger partial charge is 0.0424 e. The van der Waals surface area contributed by atoms with Gasteiger partial charge in [-0.2, -0.15) is 0 Å². The minimum atomic E-state index is 0. The Morgan fingerprint density at radius 3 is 2.07 bits per heavy atom. The SMILES string of the molecule is C.CC1CCNCC1.CN(O)/C=C\N. The molecule has 4 N–H and O–H groups in total. The molecule has 1 aliphatic heterocycles. The zero-order valence-electron chi connectivity index (χ0n) is 8.53. The summed E-state index contributed by atoms with van der Waals surface area (Å²) >= 11 is 0. The summed E-state index contributed by atoms with van der Waals surface area (Å²) in [5.41, 5.74) is 4.85. The Morgan fingerprint density at radius 1 is 1.43 bits per heavy atom. The Kier molecular flexibility index (Phi) is 11.6. The molecule has 0 radical (unpaired) electrons. The molecule has 1 saturated heterocycles. The van der Waals surface area contributed by atoms with Gasteiger partial charge in [0.25, 0.3) is 0 Å². The fourth-order valence-electron chi connectivity index (χ4n) is 1.09. The summed E-state index contributed by atoms with van der Waals surface area (Å²) in [6.07, 6.45) is 5.33. The van der Waals surface area contributed by atoms with Gasteiger partial charge in [-0.1, -0.05) is 14.4 Å². The number of nitrogens with zero attached hydrogens (tertiary/aromatic N) is 1. The molecular weight excluding hydrogens is 178 g/mol. The number of hydroxylamine groups is 2. The van der Waals surface area contributed by atoms with Gasteiger partial charge in [0.05, 0.1) is 0 Å². The molecule has 86 valence electrons. The van der Waals surface area contributed by atoms with Crippen molar-refractivity contribution >= 4 is 0 Å². The Morgan fingerprint density at radius 2 is 1.93 bits per heavy atom. The fraction of sp³-hybridized carbons (Fsp3) is 0.800.